The third kappa shape index (κ3) is 5.17. The van der Waals surface area contributed by atoms with Crippen LogP contribution in [0.2, 0.25) is 0 Å². The number of para-hydroxylation sites is 2. The lowest BCUT2D eigenvalue weighted by atomic mass is 9.83. The van der Waals surface area contributed by atoms with Gasteiger partial charge in [-0.3, -0.25) is 0 Å². The molecule has 2 nitrogen and oxygen atoms in total. The van der Waals surface area contributed by atoms with E-state index in [0.717, 1.165) is 35.5 Å². The highest BCUT2D eigenvalue weighted by atomic mass is 32.1. The van der Waals surface area contributed by atoms with Crippen molar-refractivity contribution in [2.75, 3.05) is 14.2 Å². The van der Waals surface area contributed by atoms with E-state index in [1.165, 1.54) is 123 Å². The molecule has 1 aliphatic rings. The molecule has 52 heavy (non-hydrogen) atoms. The van der Waals surface area contributed by atoms with E-state index < -0.39 is 0 Å². The monoisotopic (exact) mass is 716 g/mol. The quantitative estimate of drug-likeness (QED) is 0.117. The first-order valence-corrected chi connectivity index (χ1v) is 20.6. The highest BCUT2D eigenvalue weighted by Gasteiger charge is 2.32. The molecular weight excluding hydrogens is 673 g/mol. The molecule has 0 saturated carbocycles. The fourth-order valence-electron chi connectivity index (χ4n) is 8.83. The van der Waals surface area contributed by atoms with Gasteiger partial charge < -0.3 is 9.47 Å². The summed E-state index contributed by atoms with van der Waals surface area (Å²) >= 11 is 3.90. The summed E-state index contributed by atoms with van der Waals surface area (Å²) in [6.07, 6.45) is 9.36. The molecule has 6 aromatic carbocycles. The van der Waals surface area contributed by atoms with Gasteiger partial charge in [-0.1, -0.05) is 100 Å². The highest BCUT2D eigenvalue weighted by Crippen LogP contribution is 2.58. The second kappa shape index (κ2) is 13.7. The van der Waals surface area contributed by atoms with E-state index in [9.17, 15) is 0 Å². The Morgan fingerprint density at radius 3 is 1.37 bits per heavy atom. The van der Waals surface area contributed by atoms with Crippen molar-refractivity contribution in [2.24, 2.45) is 0 Å². The van der Waals surface area contributed by atoms with Crippen molar-refractivity contribution in [1.82, 2.24) is 0 Å². The van der Waals surface area contributed by atoms with Gasteiger partial charge in [0.25, 0.3) is 0 Å². The zero-order chi connectivity index (χ0) is 35.3. The smallest absolute Gasteiger partial charge is 0.127 e. The first kappa shape index (κ1) is 33.2. The average molecular weight is 717 g/mol. The van der Waals surface area contributed by atoms with Gasteiger partial charge >= 0.3 is 0 Å². The SMILES string of the molecule is CCCCCc1c2c(c(CCCCC)c3c4sc(-c5ccccc5OC)cc4c4cc(-c5ccccc5OC)sc4c13)-c1cccc3cccc-2c13. The number of hydrogen-bond acceptors (Lipinski definition) is 4. The van der Waals surface area contributed by atoms with Crippen LogP contribution in [0.25, 0.3) is 84.9 Å². The van der Waals surface area contributed by atoms with E-state index in [2.05, 4.69) is 111 Å². The number of ether oxygens (including phenoxy) is 2. The van der Waals surface area contributed by atoms with Gasteiger partial charge in [-0.15, -0.1) is 22.7 Å². The normalized spacial score (nSPS) is 12.1. The predicted molar refractivity (Wildman–Crippen MR) is 227 cm³/mol. The summed E-state index contributed by atoms with van der Waals surface area (Å²) in [6.45, 7) is 4.64. The lowest BCUT2D eigenvalue weighted by Crippen LogP contribution is -2.00. The summed E-state index contributed by atoms with van der Waals surface area (Å²) in [4.78, 5) is 2.51. The fraction of sp³-hybridized carbons (Fsp3) is 0.250. The van der Waals surface area contributed by atoms with Gasteiger partial charge in [-0.2, -0.15) is 0 Å². The topological polar surface area (TPSA) is 18.5 Å². The molecular formula is C48H44O2S2. The van der Waals surface area contributed by atoms with Gasteiger partial charge in [-0.05, 0) is 106 Å². The van der Waals surface area contributed by atoms with Crippen LogP contribution in [-0.2, 0) is 12.8 Å². The molecule has 0 N–H and O–H groups in total. The van der Waals surface area contributed by atoms with Crippen molar-refractivity contribution in [3.63, 3.8) is 0 Å². The van der Waals surface area contributed by atoms with Crippen LogP contribution in [-0.4, -0.2) is 14.2 Å². The Morgan fingerprint density at radius 1 is 0.481 bits per heavy atom. The molecule has 2 aromatic heterocycles. The summed E-state index contributed by atoms with van der Waals surface area (Å²) in [5, 5.41) is 8.42. The van der Waals surface area contributed by atoms with E-state index in [1.807, 2.05) is 22.7 Å². The Bertz CT molecular complexity index is 2460. The largest absolute Gasteiger partial charge is 0.496 e. The standard InChI is InChI=1S/C48H44O2S2/c1-5-7-9-21-34-43-32-23-15-17-29-18-16-24-33(42(29)32)44(43)35(22-10-8-6-2)46-45(34)47-36(27-40(51-47)30-19-11-13-25-38(30)49-3)37-28-41(52-48(37)46)31-20-12-14-26-39(31)50-4/h11-20,23-28H,5-10,21-22H2,1-4H3. The van der Waals surface area contributed by atoms with Gasteiger partial charge in [0.15, 0.2) is 0 Å². The van der Waals surface area contributed by atoms with Gasteiger partial charge in [0.05, 0.1) is 14.2 Å². The molecule has 0 bridgehead atoms. The number of methoxy groups -OCH3 is 2. The second-order valence-electron chi connectivity index (χ2n) is 14.2. The number of thiophene rings is 2. The predicted octanol–water partition coefficient (Wildman–Crippen LogP) is 14.9. The lowest BCUT2D eigenvalue weighted by Gasteiger charge is -2.21. The van der Waals surface area contributed by atoms with Gasteiger partial charge in [0.1, 0.15) is 11.5 Å². The summed E-state index contributed by atoms with van der Waals surface area (Å²) < 4.78 is 14.7. The number of unbranched alkanes of at least 4 members (excludes halogenated alkanes) is 4. The van der Waals surface area contributed by atoms with Crippen molar-refractivity contribution >= 4 is 64.4 Å². The molecule has 4 heteroatoms. The molecule has 1 aliphatic carbocycles. The van der Waals surface area contributed by atoms with Crippen LogP contribution in [0.4, 0.5) is 0 Å². The van der Waals surface area contributed by atoms with Crippen LogP contribution in [0.3, 0.4) is 0 Å². The Kier molecular flexibility index (Phi) is 8.77. The van der Waals surface area contributed by atoms with Crippen LogP contribution in [0.1, 0.15) is 63.5 Å². The summed E-state index contributed by atoms with van der Waals surface area (Å²) in [5.74, 6) is 1.84. The zero-order valence-corrected chi connectivity index (χ0v) is 32.2. The minimum atomic E-state index is 0.918. The molecule has 0 aliphatic heterocycles. The first-order valence-electron chi connectivity index (χ1n) is 19.0. The Hall–Kier alpha value is -4.64. The van der Waals surface area contributed by atoms with Gasteiger partial charge in [-0.25, -0.2) is 0 Å². The van der Waals surface area contributed by atoms with Crippen molar-refractivity contribution in [3.8, 4) is 54.6 Å². The van der Waals surface area contributed by atoms with E-state index in [0.29, 0.717) is 0 Å². The molecule has 0 amide bonds. The first-order chi connectivity index (χ1) is 25.7. The van der Waals surface area contributed by atoms with E-state index >= 15 is 0 Å². The maximum absolute atomic E-state index is 5.94. The fourth-order valence-corrected chi connectivity index (χ4v) is 11.4. The Morgan fingerprint density at radius 2 is 0.923 bits per heavy atom. The van der Waals surface area contributed by atoms with Crippen molar-refractivity contribution in [3.05, 3.63) is 108 Å². The van der Waals surface area contributed by atoms with E-state index in [4.69, 9.17) is 9.47 Å². The van der Waals surface area contributed by atoms with Crippen LogP contribution in [0.15, 0.2) is 97.1 Å². The Labute approximate surface area is 314 Å². The molecule has 2 heterocycles. The molecule has 9 rings (SSSR count). The van der Waals surface area contributed by atoms with Gasteiger partial charge in [0, 0.05) is 51.8 Å². The molecule has 0 atom stereocenters. The van der Waals surface area contributed by atoms with Crippen LogP contribution in [0.5, 0.6) is 11.5 Å². The maximum atomic E-state index is 5.94. The van der Waals surface area contributed by atoms with Crippen LogP contribution >= 0.6 is 22.7 Å². The summed E-state index contributed by atoms with van der Waals surface area (Å²) in [6, 6.07) is 35.9. The minimum Gasteiger partial charge on any atom is -0.496 e. The van der Waals surface area contributed by atoms with E-state index in [-0.39, 0.29) is 0 Å². The molecule has 0 fully saturated rings. The zero-order valence-electron chi connectivity index (χ0n) is 30.5. The van der Waals surface area contributed by atoms with E-state index in [1.54, 1.807) is 14.2 Å². The van der Waals surface area contributed by atoms with Gasteiger partial charge in [0.2, 0.25) is 0 Å². The lowest BCUT2D eigenvalue weighted by molar-refractivity contribution is 0.416. The number of rotatable bonds is 12. The molecule has 0 unspecified atom stereocenters. The molecule has 0 saturated heterocycles. The number of aryl methyl sites for hydroxylation is 2. The third-order valence-corrected chi connectivity index (χ3v) is 13.5. The summed E-state index contributed by atoms with van der Waals surface area (Å²) in [7, 11) is 3.57. The second-order valence-corrected chi connectivity index (χ2v) is 16.3. The van der Waals surface area contributed by atoms with Crippen molar-refractivity contribution < 1.29 is 9.47 Å². The van der Waals surface area contributed by atoms with Crippen molar-refractivity contribution in [1.29, 1.82) is 0 Å². The molecule has 0 spiro atoms. The maximum Gasteiger partial charge on any atom is 0.127 e. The molecule has 260 valence electrons. The van der Waals surface area contributed by atoms with Crippen LogP contribution in [0, 0.1) is 0 Å². The molecule has 0 radical (unpaired) electrons. The number of benzene rings is 6. The van der Waals surface area contributed by atoms with Crippen molar-refractivity contribution in [2.45, 2.75) is 65.2 Å². The number of fused-ring (bicyclic) bond motifs is 9. The highest BCUT2D eigenvalue weighted by molar-refractivity contribution is 7.25. The van der Waals surface area contributed by atoms with Crippen LogP contribution < -0.4 is 9.47 Å². The number of hydrogen-bond donors (Lipinski definition) is 0. The minimum absolute atomic E-state index is 0.918. The third-order valence-electron chi connectivity index (χ3n) is 11.2. The average Bonchev–Trinajstić information content (AvgIpc) is 3.91. The summed E-state index contributed by atoms with van der Waals surface area (Å²) in [5.41, 5.74) is 11.2. The Balaban J connectivity index is 1.49. The molecule has 8 aromatic rings.